The second-order valence-corrected chi connectivity index (χ2v) is 6.27. The third-order valence-corrected chi connectivity index (χ3v) is 4.20. The predicted octanol–water partition coefficient (Wildman–Crippen LogP) is 2.93. The molecule has 1 amide bonds. The normalized spacial score (nSPS) is 10.4. The lowest BCUT2D eigenvalue weighted by Crippen LogP contribution is -2.31. The van der Waals surface area contributed by atoms with Gasteiger partial charge >= 0.3 is 0 Å². The first-order valence-corrected chi connectivity index (χ1v) is 8.59. The standard InChI is InChI=1S/C21H21N3O3/c1-15-6-5-7-16(12-15)13-24(14-17-8-3-4-9-19(17)27-2)21(26)18-10-11-20(25)23-22-18/h3-12H,13-14H2,1-2H3,(H,23,25). The van der Waals surface area contributed by atoms with E-state index in [-0.39, 0.29) is 17.2 Å². The number of carbonyl (C=O) groups excluding carboxylic acids is 1. The largest absolute Gasteiger partial charge is 0.496 e. The maximum absolute atomic E-state index is 13.1. The molecule has 6 heteroatoms. The number of nitrogens with zero attached hydrogens (tertiary/aromatic N) is 2. The van der Waals surface area contributed by atoms with E-state index < -0.39 is 0 Å². The number of amides is 1. The summed E-state index contributed by atoms with van der Waals surface area (Å²) in [4.78, 5) is 26.0. The van der Waals surface area contributed by atoms with E-state index in [0.717, 1.165) is 16.7 Å². The Kier molecular flexibility index (Phi) is 5.66. The molecule has 1 heterocycles. The fraction of sp³-hybridized carbons (Fsp3) is 0.190. The van der Waals surface area contributed by atoms with E-state index in [2.05, 4.69) is 10.2 Å². The summed E-state index contributed by atoms with van der Waals surface area (Å²) in [5, 5.41) is 6.20. The number of ether oxygens (including phenoxy) is 1. The monoisotopic (exact) mass is 363 g/mol. The molecule has 0 saturated heterocycles. The van der Waals surface area contributed by atoms with E-state index >= 15 is 0 Å². The van der Waals surface area contributed by atoms with Gasteiger partial charge in [-0.25, -0.2) is 5.10 Å². The number of nitrogens with one attached hydrogen (secondary N) is 1. The van der Waals surface area contributed by atoms with Crippen LogP contribution in [0.4, 0.5) is 0 Å². The zero-order chi connectivity index (χ0) is 19.2. The van der Waals surface area contributed by atoms with Crippen LogP contribution in [0.25, 0.3) is 0 Å². The summed E-state index contributed by atoms with van der Waals surface area (Å²) in [5.41, 5.74) is 2.88. The van der Waals surface area contributed by atoms with E-state index in [9.17, 15) is 9.59 Å². The molecule has 0 unspecified atom stereocenters. The molecule has 1 aromatic heterocycles. The third-order valence-electron chi connectivity index (χ3n) is 4.20. The van der Waals surface area contributed by atoms with Gasteiger partial charge < -0.3 is 9.64 Å². The Labute approximate surface area is 157 Å². The number of methoxy groups -OCH3 is 1. The Balaban J connectivity index is 1.93. The van der Waals surface area contributed by atoms with Crippen LogP contribution in [-0.2, 0) is 13.1 Å². The summed E-state index contributed by atoms with van der Waals surface area (Å²) in [7, 11) is 1.61. The number of aromatic nitrogens is 2. The number of hydrogen-bond acceptors (Lipinski definition) is 4. The van der Waals surface area contributed by atoms with Crippen LogP contribution < -0.4 is 10.3 Å². The van der Waals surface area contributed by atoms with Crippen LogP contribution in [-0.4, -0.2) is 28.1 Å². The van der Waals surface area contributed by atoms with Crippen LogP contribution in [0.15, 0.2) is 65.5 Å². The average Bonchev–Trinajstić information content (AvgIpc) is 2.68. The van der Waals surface area contributed by atoms with Crippen molar-refractivity contribution in [3.05, 3.63) is 93.4 Å². The zero-order valence-electron chi connectivity index (χ0n) is 15.3. The number of para-hydroxylation sites is 1. The number of H-pyrrole nitrogens is 1. The smallest absolute Gasteiger partial charge is 0.274 e. The lowest BCUT2D eigenvalue weighted by atomic mass is 10.1. The summed E-state index contributed by atoms with van der Waals surface area (Å²) < 4.78 is 5.42. The molecule has 27 heavy (non-hydrogen) atoms. The van der Waals surface area contributed by atoms with Crippen molar-refractivity contribution in [1.82, 2.24) is 15.1 Å². The Morgan fingerprint density at radius 2 is 1.89 bits per heavy atom. The highest BCUT2D eigenvalue weighted by Crippen LogP contribution is 2.21. The molecular formula is C21H21N3O3. The number of carbonyl (C=O) groups is 1. The minimum absolute atomic E-state index is 0.192. The van der Waals surface area contributed by atoms with E-state index in [1.54, 1.807) is 12.0 Å². The maximum atomic E-state index is 13.1. The molecule has 6 nitrogen and oxygen atoms in total. The molecule has 3 rings (SSSR count). The first-order valence-electron chi connectivity index (χ1n) is 8.59. The minimum Gasteiger partial charge on any atom is -0.496 e. The molecule has 0 bridgehead atoms. The summed E-state index contributed by atoms with van der Waals surface area (Å²) >= 11 is 0. The van der Waals surface area contributed by atoms with Crippen molar-refractivity contribution in [2.24, 2.45) is 0 Å². The number of hydrogen-bond donors (Lipinski definition) is 1. The topological polar surface area (TPSA) is 75.3 Å². The Morgan fingerprint density at radius 3 is 2.59 bits per heavy atom. The first-order chi connectivity index (χ1) is 13.1. The number of aromatic amines is 1. The van der Waals surface area contributed by atoms with Gasteiger partial charge in [-0.3, -0.25) is 9.59 Å². The number of rotatable bonds is 6. The molecule has 0 aliphatic carbocycles. The SMILES string of the molecule is COc1ccccc1CN(Cc1cccc(C)c1)C(=O)c1ccc(=O)[nH]n1. The van der Waals surface area contributed by atoms with Gasteiger partial charge in [-0.15, -0.1) is 0 Å². The highest BCUT2D eigenvalue weighted by atomic mass is 16.5. The van der Waals surface area contributed by atoms with Crippen molar-refractivity contribution in [3.63, 3.8) is 0 Å². The summed E-state index contributed by atoms with van der Waals surface area (Å²) in [6, 6.07) is 18.3. The van der Waals surface area contributed by atoms with Gasteiger partial charge in [0, 0.05) is 18.2 Å². The molecule has 0 spiro atoms. The third kappa shape index (κ3) is 4.61. The molecule has 0 saturated carbocycles. The van der Waals surface area contributed by atoms with Crippen LogP contribution in [0.3, 0.4) is 0 Å². The lowest BCUT2D eigenvalue weighted by Gasteiger charge is -2.23. The Hall–Kier alpha value is -3.41. The molecule has 0 aliphatic rings. The molecule has 0 fully saturated rings. The van der Waals surface area contributed by atoms with Gasteiger partial charge in [0.15, 0.2) is 0 Å². The van der Waals surface area contributed by atoms with Crippen molar-refractivity contribution in [1.29, 1.82) is 0 Å². The highest BCUT2D eigenvalue weighted by molar-refractivity contribution is 5.92. The van der Waals surface area contributed by atoms with Crippen LogP contribution in [0.5, 0.6) is 5.75 Å². The summed E-state index contributed by atoms with van der Waals surface area (Å²) in [6.45, 7) is 2.79. The van der Waals surface area contributed by atoms with Gasteiger partial charge in [-0.05, 0) is 24.6 Å². The van der Waals surface area contributed by atoms with Gasteiger partial charge in [0.05, 0.1) is 13.7 Å². The second kappa shape index (κ2) is 8.31. The van der Waals surface area contributed by atoms with Crippen molar-refractivity contribution < 1.29 is 9.53 Å². The van der Waals surface area contributed by atoms with E-state index in [4.69, 9.17) is 4.74 Å². The number of aryl methyl sites for hydroxylation is 1. The fourth-order valence-corrected chi connectivity index (χ4v) is 2.90. The van der Waals surface area contributed by atoms with Gasteiger partial charge in [-0.2, -0.15) is 5.10 Å². The quantitative estimate of drug-likeness (QED) is 0.731. The summed E-state index contributed by atoms with van der Waals surface area (Å²) in [6.07, 6.45) is 0. The molecule has 1 N–H and O–H groups in total. The van der Waals surface area contributed by atoms with Crippen molar-refractivity contribution in [3.8, 4) is 5.75 Å². The lowest BCUT2D eigenvalue weighted by molar-refractivity contribution is 0.0721. The Bertz CT molecular complexity index is 977. The first kappa shape index (κ1) is 18.4. The maximum Gasteiger partial charge on any atom is 0.274 e. The average molecular weight is 363 g/mol. The molecular weight excluding hydrogens is 342 g/mol. The summed E-state index contributed by atoms with van der Waals surface area (Å²) in [5.74, 6) is 0.452. The zero-order valence-corrected chi connectivity index (χ0v) is 15.3. The molecule has 138 valence electrons. The second-order valence-electron chi connectivity index (χ2n) is 6.27. The fourth-order valence-electron chi connectivity index (χ4n) is 2.90. The van der Waals surface area contributed by atoms with Gasteiger partial charge in [0.25, 0.3) is 11.5 Å². The number of benzene rings is 2. The molecule has 0 radical (unpaired) electrons. The van der Waals surface area contributed by atoms with Crippen LogP contribution >= 0.6 is 0 Å². The van der Waals surface area contributed by atoms with E-state index in [1.165, 1.54) is 12.1 Å². The van der Waals surface area contributed by atoms with Crippen molar-refractivity contribution >= 4 is 5.91 Å². The molecule has 0 atom stereocenters. The van der Waals surface area contributed by atoms with E-state index in [1.807, 2.05) is 55.5 Å². The van der Waals surface area contributed by atoms with Crippen molar-refractivity contribution in [2.45, 2.75) is 20.0 Å². The Morgan fingerprint density at radius 1 is 1.07 bits per heavy atom. The molecule has 3 aromatic rings. The van der Waals surface area contributed by atoms with Crippen LogP contribution in [0.2, 0.25) is 0 Å². The highest BCUT2D eigenvalue weighted by Gasteiger charge is 2.19. The molecule has 0 aliphatic heterocycles. The van der Waals surface area contributed by atoms with E-state index in [0.29, 0.717) is 18.8 Å². The van der Waals surface area contributed by atoms with Gasteiger partial charge in [-0.1, -0.05) is 48.0 Å². The van der Waals surface area contributed by atoms with Gasteiger partial charge in [0.1, 0.15) is 11.4 Å². The van der Waals surface area contributed by atoms with Crippen molar-refractivity contribution in [2.75, 3.05) is 7.11 Å². The molecule has 2 aromatic carbocycles. The van der Waals surface area contributed by atoms with Gasteiger partial charge in [0.2, 0.25) is 0 Å². The predicted molar refractivity (Wildman–Crippen MR) is 103 cm³/mol. The van der Waals surface area contributed by atoms with Crippen LogP contribution in [0.1, 0.15) is 27.2 Å². The van der Waals surface area contributed by atoms with Crippen LogP contribution in [0, 0.1) is 6.92 Å². The minimum atomic E-state index is -0.346.